The highest BCUT2D eigenvalue weighted by Gasteiger charge is 2.15. The number of hydrogen-bond donors (Lipinski definition) is 2. The van der Waals surface area contributed by atoms with Crippen molar-refractivity contribution in [3.05, 3.63) is 55.7 Å². The SMILES string of the molecule is O=C(CCC(=O)c1ccc2c(c1)CCC2)NNC(=O)c1ccc(Br)s1. The Kier molecular flexibility index (Phi) is 5.65. The van der Waals surface area contributed by atoms with Crippen LogP contribution in [0.3, 0.4) is 0 Å². The van der Waals surface area contributed by atoms with Crippen LogP contribution >= 0.6 is 27.3 Å². The van der Waals surface area contributed by atoms with Gasteiger partial charge in [0.2, 0.25) is 5.91 Å². The van der Waals surface area contributed by atoms with E-state index in [2.05, 4.69) is 26.8 Å². The number of fused-ring (bicyclic) bond motifs is 1. The van der Waals surface area contributed by atoms with E-state index in [4.69, 9.17) is 0 Å². The third-order valence-electron chi connectivity index (χ3n) is 4.11. The zero-order valence-corrected chi connectivity index (χ0v) is 15.8. The second-order valence-electron chi connectivity index (χ2n) is 5.87. The summed E-state index contributed by atoms with van der Waals surface area (Å²) in [4.78, 5) is 36.4. The molecule has 130 valence electrons. The normalized spacial score (nSPS) is 12.5. The number of carbonyl (C=O) groups is 3. The first-order valence-electron chi connectivity index (χ1n) is 8.02. The van der Waals surface area contributed by atoms with Crippen LogP contribution in [-0.2, 0) is 17.6 Å². The van der Waals surface area contributed by atoms with E-state index in [0.717, 1.165) is 23.0 Å². The van der Waals surface area contributed by atoms with Crippen LogP contribution in [0.25, 0.3) is 0 Å². The number of nitrogens with one attached hydrogen (secondary N) is 2. The van der Waals surface area contributed by atoms with Gasteiger partial charge in [0, 0.05) is 18.4 Å². The van der Waals surface area contributed by atoms with Crippen LogP contribution in [0.15, 0.2) is 34.1 Å². The molecule has 0 saturated heterocycles. The Morgan fingerprint density at radius 3 is 2.56 bits per heavy atom. The number of thiophene rings is 1. The van der Waals surface area contributed by atoms with Gasteiger partial charge in [-0.15, -0.1) is 11.3 Å². The number of hydrogen-bond acceptors (Lipinski definition) is 4. The lowest BCUT2D eigenvalue weighted by Gasteiger charge is -2.07. The number of halogens is 1. The summed E-state index contributed by atoms with van der Waals surface area (Å²) in [6, 6.07) is 9.21. The van der Waals surface area contributed by atoms with Gasteiger partial charge in [-0.3, -0.25) is 25.2 Å². The van der Waals surface area contributed by atoms with Crippen LogP contribution in [0, 0.1) is 0 Å². The molecule has 0 radical (unpaired) electrons. The summed E-state index contributed by atoms with van der Waals surface area (Å²) in [6.45, 7) is 0. The lowest BCUT2D eigenvalue weighted by atomic mass is 10.0. The van der Waals surface area contributed by atoms with Crippen molar-refractivity contribution in [3.8, 4) is 0 Å². The molecular weight excluding hydrogens is 404 g/mol. The van der Waals surface area contributed by atoms with Crippen LogP contribution in [0.1, 0.15) is 50.4 Å². The molecule has 0 saturated carbocycles. The highest BCUT2D eigenvalue weighted by atomic mass is 79.9. The van der Waals surface area contributed by atoms with E-state index in [9.17, 15) is 14.4 Å². The summed E-state index contributed by atoms with van der Waals surface area (Å²) in [5.74, 6) is -0.828. The Balaban J connectivity index is 1.45. The van der Waals surface area contributed by atoms with Gasteiger partial charge in [-0.25, -0.2) is 0 Å². The zero-order valence-electron chi connectivity index (χ0n) is 13.4. The first-order valence-corrected chi connectivity index (χ1v) is 9.63. The van der Waals surface area contributed by atoms with Crippen LogP contribution in [0.4, 0.5) is 0 Å². The molecule has 1 aromatic heterocycles. The number of aryl methyl sites for hydroxylation is 2. The summed E-state index contributed by atoms with van der Waals surface area (Å²) < 4.78 is 0.837. The summed E-state index contributed by atoms with van der Waals surface area (Å²) in [5.41, 5.74) is 7.90. The molecule has 2 amide bonds. The molecule has 0 unspecified atom stereocenters. The van der Waals surface area contributed by atoms with Gasteiger partial charge in [-0.2, -0.15) is 0 Å². The highest BCUT2D eigenvalue weighted by molar-refractivity contribution is 9.11. The van der Waals surface area contributed by atoms with E-state index in [1.807, 2.05) is 18.2 Å². The Bertz CT molecular complexity index is 831. The van der Waals surface area contributed by atoms with Gasteiger partial charge in [0.1, 0.15) is 0 Å². The molecule has 5 nitrogen and oxygen atoms in total. The smallest absolute Gasteiger partial charge is 0.279 e. The number of Topliss-reactive ketones (excluding diaryl/α,β-unsaturated/α-hetero) is 1. The maximum atomic E-state index is 12.2. The molecule has 0 bridgehead atoms. The Hall–Kier alpha value is -1.99. The number of benzene rings is 1. The summed E-state index contributed by atoms with van der Waals surface area (Å²) in [5, 5.41) is 0. The first-order chi connectivity index (χ1) is 12.0. The maximum absolute atomic E-state index is 12.2. The van der Waals surface area contributed by atoms with Gasteiger partial charge < -0.3 is 0 Å². The molecule has 25 heavy (non-hydrogen) atoms. The average molecular weight is 421 g/mol. The molecule has 2 aromatic rings. The van der Waals surface area contributed by atoms with Crippen molar-refractivity contribution in [2.75, 3.05) is 0 Å². The summed E-state index contributed by atoms with van der Waals surface area (Å²) in [6.07, 6.45) is 3.37. The topological polar surface area (TPSA) is 75.3 Å². The highest BCUT2D eigenvalue weighted by Crippen LogP contribution is 2.23. The largest absolute Gasteiger partial charge is 0.294 e. The van der Waals surface area contributed by atoms with Crippen LogP contribution in [0.5, 0.6) is 0 Å². The van der Waals surface area contributed by atoms with Crippen molar-refractivity contribution >= 4 is 44.9 Å². The van der Waals surface area contributed by atoms with Crippen LogP contribution in [-0.4, -0.2) is 17.6 Å². The molecular formula is C18H17BrN2O3S. The number of rotatable bonds is 5. The van der Waals surface area contributed by atoms with E-state index in [-0.39, 0.29) is 24.5 Å². The molecule has 0 atom stereocenters. The molecule has 2 N–H and O–H groups in total. The van der Waals surface area contributed by atoms with Crippen molar-refractivity contribution in [1.29, 1.82) is 0 Å². The average Bonchev–Trinajstić information content (AvgIpc) is 3.25. The number of amides is 2. The first kappa shape index (κ1) is 17.8. The fourth-order valence-electron chi connectivity index (χ4n) is 2.80. The molecule has 1 aliphatic carbocycles. The van der Waals surface area contributed by atoms with Crippen LogP contribution in [0.2, 0.25) is 0 Å². The molecule has 3 rings (SSSR count). The minimum Gasteiger partial charge on any atom is -0.294 e. The fourth-order valence-corrected chi connectivity index (χ4v) is 4.08. The second-order valence-corrected chi connectivity index (χ2v) is 8.33. The van der Waals surface area contributed by atoms with Crippen molar-refractivity contribution in [2.24, 2.45) is 0 Å². The van der Waals surface area contributed by atoms with E-state index in [0.29, 0.717) is 10.4 Å². The van der Waals surface area contributed by atoms with E-state index < -0.39 is 5.91 Å². The second kappa shape index (κ2) is 7.93. The zero-order chi connectivity index (χ0) is 17.8. The summed E-state index contributed by atoms with van der Waals surface area (Å²) in [7, 11) is 0. The van der Waals surface area contributed by atoms with Crippen molar-refractivity contribution in [2.45, 2.75) is 32.1 Å². The maximum Gasteiger partial charge on any atom is 0.279 e. The van der Waals surface area contributed by atoms with Gasteiger partial charge in [0.25, 0.3) is 5.91 Å². The Morgan fingerprint density at radius 1 is 1.00 bits per heavy atom. The van der Waals surface area contributed by atoms with Crippen LogP contribution < -0.4 is 10.9 Å². The van der Waals surface area contributed by atoms with Crippen molar-refractivity contribution in [3.63, 3.8) is 0 Å². The number of hydrazine groups is 1. The van der Waals surface area contributed by atoms with Crippen molar-refractivity contribution in [1.82, 2.24) is 10.9 Å². The van der Waals surface area contributed by atoms with Gasteiger partial charge >= 0.3 is 0 Å². The number of ketones is 1. The third-order valence-corrected chi connectivity index (χ3v) is 5.73. The third kappa shape index (κ3) is 4.55. The predicted octanol–water partition coefficient (Wildman–Crippen LogP) is 3.42. The lowest BCUT2D eigenvalue weighted by molar-refractivity contribution is -0.121. The molecule has 1 heterocycles. The summed E-state index contributed by atoms with van der Waals surface area (Å²) >= 11 is 4.55. The van der Waals surface area contributed by atoms with Gasteiger partial charge in [-0.1, -0.05) is 12.1 Å². The predicted molar refractivity (Wildman–Crippen MR) is 99.7 cm³/mol. The van der Waals surface area contributed by atoms with E-state index >= 15 is 0 Å². The molecule has 0 aliphatic heterocycles. The van der Waals surface area contributed by atoms with Gasteiger partial charge in [0.05, 0.1) is 8.66 Å². The fraction of sp³-hybridized carbons (Fsp3) is 0.278. The molecule has 0 spiro atoms. The van der Waals surface area contributed by atoms with Gasteiger partial charge in [0.15, 0.2) is 5.78 Å². The van der Waals surface area contributed by atoms with Crippen molar-refractivity contribution < 1.29 is 14.4 Å². The number of carbonyl (C=O) groups excluding carboxylic acids is 3. The minimum absolute atomic E-state index is 0.0321. The molecule has 1 aliphatic rings. The Morgan fingerprint density at radius 2 is 1.80 bits per heavy atom. The quantitative estimate of drug-likeness (QED) is 0.574. The lowest BCUT2D eigenvalue weighted by Crippen LogP contribution is -2.41. The Labute approximate surface area is 157 Å². The molecule has 0 fully saturated rings. The van der Waals surface area contributed by atoms with E-state index in [1.54, 1.807) is 12.1 Å². The minimum atomic E-state index is -0.390. The van der Waals surface area contributed by atoms with E-state index in [1.165, 1.54) is 22.5 Å². The monoisotopic (exact) mass is 420 g/mol. The molecule has 1 aromatic carbocycles. The van der Waals surface area contributed by atoms with Gasteiger partial charge in [-0.05, 0) is 64.5 Å². The standard InChI is InChI=1S/C18H17BrN2O3S/c19-16-8-7-15(25-16)18(24)21-20-17(23)9-6-14(22)13-5-4-11-2-1-3-12(11)10-13/h4-5,7-8,10H,1-3,6,9H2,(H,20,23)(H,21,24). The molecule has 7 heteroatoms.